The molecule has 3 heteroatoms. The van der Waals surface area contributed by atoms with Gasteiger partial charge in [0.1, 0.15) is 0 Å². The van der Waals surface area contributed by atoms with Gasteiger partial charge in [0.2, 0.25) is 5.91 Å². The molecule has 2 N–H and O–H groups in total. The van der Waals surface area contributed by atoms with Crippen LogP contribution in [0.3, 0.4) is 0 Å². The van der Waals surface area contributed by atoms with Crippen LogP contribution in [0.15, 0.2) is 18.2 Å². The molecule has 0 unspecified atom stereocenters. The van der Waals surface area contributed by atoms with Gasteiger partial charge in [-0.25, -0.2) is 0 Å². The summed E-state index contributed by atoms with van der Waals surface area (Å²) in [5.41, 5.74) is 8.87. The van der Waals surface area contributed by atoms with Gasteiger partial charge in [-0.2, -0.15) is 0 Å². The van der Waals surface area contributed by atoms with Crippen LogP contribution in [-0.2, 0) is 11.2 Å². The average molecular weight is 216 g/mol. The molecule has 1 aliphatic heterocycles. The van der Waals surface area contributed by atoms with Crippen LogP contribution in [0.2, 0.25) is 0 Å². The quantitative estimate of drug-likeness (QED) is 0.768. The molecule has 84 valence electrons. The van der Waals surface area contributed by atoms with E-state index in [9.17, 15) is 4.79 Å². The lowest BCUT2D eigenvalue weighted by Crippen LogP contribution is -2.36. The van der Waals surface area contributed by atoms with Crippen LogP contribution in [0, 0.1) is 5.92 Å². The van der Waals surface area contributed by atoms with Crippen molar-refractivity contribution in [3.8, 4) is 0 Å². The van der Waals surface area contributed by atoms with E-state index in [1.54, 1.807) is 0 Å². The lowest BCUT2D eigenvalue weighted by Gasteiger charge is -2.29. The Morgan fingerprint density at radius 3 is 2.88 bits per heavy atom. The summed E-state index contributed by atoms with van der Waals surface area (Å²) in [6, 6.07) is 5.88. The third kappa shape index (κ3) is 1.66. The minimum absolute atomic E-state index is 0.268. The summed E-state index contributed by atoms with van der Waals surface area (Å²) in [7, 11) is 0. The number of hydrogen-bond donors (Lipinski definition) is 1. The van der Waals surface area contributed by atoms with Gasteiger partial charge in [0.05, 0.1) is 0 Å². The van der Waals surface area contributed by atoms with Crippen molar-refractivity contribution in [1.29, 1.82) is 0 Å². The van der Waals surface area contributed by atoms with E-state index in [-0.39, 0.29) is 5.91 Å². The molecule has 1 aromatic rings. The van der Waals surface area contributed by atoms with Crippen LogP contribution < -0.4 is 10.6 Å². The normalized spacial score (nSPS) is 19.8. The molecule has 1 heterocycles. The van der Waals surface area contributed by atoms with E-state index in [0.29, 0.717) is 6.42 Å². The minimum atomic E-state index is 0.268. The first-order chi connectivity index (χ1) is 7.74. The summed E-state index contributed by atoms with van der Waals surface area (Å²) < 4.78 is 0. The number of aryl methyl sites for hydroxylation is 1. The summed E-state index contributed by atoms with van der Waals surface area (Å²) >= 11 is 0. The number of rotatable bonds is 2. The fourth-order valence-corrected chi connectivity index (χ4v) is 2.34. The molecular formula is C13H16N2O. The van der Waals surface area contributed by atoms with E-state index < -0.39 is 0 Å². The number of benzene rings is 1. The fourth-order valence-electron chi connectivity index (χ4n) is 2.34. The van der Waals surface area contributed by atoms with Gasteiger partial charge in [-0.15, -0.1) is 0 Å². The number of anilines is 2. The highest BCUT2D eigenvalue weighted by Crippen LogP contribution is 2.35. The summed E-state index contributed by atoms with van der Waals surface area (Å²) in [4.78, 5) is 13.9. The molecule has 2 aliphatic rings. The second-order valence-corrected chi connectivity index (χ2v) is 4.84. The molecular weight excluding hydrogens is 200 g/mol. The van der Waals surface area contributed by atoms with Crippen LogP contribution in [0.4, 0.5) is 11.4 Å². The average Bonchev–Trinajstić information content (AvgIpc) is 3.06. The number of carbonyl (C=O) groups excluding carboxylic acids is 1. The number of nitrogens with zero attached hydrogens (tertiary/aromatic N) is 1. The van der Waals surface area contributed by atoms with Gasteiger partial charge in [-0.05, 0) is 48.9 Å². The van der Waals surface area contributed by atoms with Crippen molar-refractivity contribution in [2.24, 2.45) is 5.92 Å². The lowest BCUT2D eigenvalue weighted by molar-refractivity contribution is -0.118. The Labute approximate surface area is 95.2 Å². The molecule has 1 aromatic carbocycles. The molecule has 3 nitrogen and oxygen atoms in total. The molecule has 1 amide bonds. The summed E-state index contributed by atoms with van der Waals surface area (Å²) in [6.45, 7) is 0.899. The molecule has 3 rings (SSSR count). The predicted octanol–water partition coefficient (Wildman–Crippen LogP) is 1.96. The molecule has 0 saturated heterocycles. The molecule has 0 aromatic heterocycles. The van der Waals surface area contributed by atoms with Crippen LogP contribution in [0.1, 0.15) is 24.8 Å². The van der Waals surface area contributed by atoms with Crippen molar-refractivity contribution < 1.29 is 4.79 Å². The van der Waals surface area contributed by atoms with Crippen molar-refractivity contribution in [3.05, 3.63) is 23.8 Å². The second-order valence-electron chi connectivity index (χ2n) is 4.84. The van der Waals surface area contributed by atoms with Gasteiger partial charge in [0, 0.05) is 24.3 Å². The first-order valence-corrected chi connectivity index (χ1v) is 5.93. The van der Waals surface area contributed by atoms with Crippen molar-refractivity contribution in [3.63, 3.8) is 0 Å². The van der Waals surface area contributed by atoms with Gasteiger partial charge in [0.25, 0.3) is 0 Å². The maximum Gasteiger partial charge on any atom is 0.227 e. The van der Waals surface area contributed by atoms with Crippen molar-refractivity contribution in [2.45, 2.75) is 25.7 Å². The van der Waals surface area contributed by atoms with Gasteiger partial charge in [-0.1, -0.05) is 0 Å². The topological polar surface area (TPSA) is 46.3 Å². The zero-order valence-corrected chi connectivity index (χ0v) is 9.28. The molecule has 1 saturated carbocycles. The van der Waals surface area contributed by atoms with Gasteiger partial charge in [0.15, 0.2) is 0 Å². The van der Waals surface area contributed by atoms with E-state index in [0.717, 1.165) is 30.3 Å². The molecule has 1 fully saturated rings. The molecule has 0 atom stereocenters. The Kier molecular flexibility index (Phi) is 2.13. The largest absolute Gasteiger partial charge is 0.399 e. The third-order valence-corrected chi connectivity index (χ3v) is 3.44. The smallest absolute Gasteiger partial charge is 0.227 e. The van der Waals surface area contributed by atoms with Gasteiger partial charge in [-0.3, -0.25) is 4.79 Å². The van der Waals surface area contributed by atoms with E-state index in [4.69, 9.17) is 5.73 Å². The Morgan fingerprint density at radius 2 is 2.12 bits per heavy atom. The van der Waals surface area contributed by atoms with Crippen molar-refractivity contribution in [2.75, 3.05) is 17.2 Å². The lowest BCUT2D eigenvalue weighted by atomic mass is 10.00. The van der Waals surface area contributed by atoms with E-state index in [1.807, 2.05) is 23.1 Å². The second kappa shape index (κ2) is 3.51. The maximum absolute atomic E-state index is 11.9. The Balaban J connectivity index is 1.95. The monoisotopic (exact) mass is 216 g/mol. The van der Waals surface area contributed by atoms with Crippen LogP contribution >= 0.6 is 0 Å². The number of carbonyl (C=O) groups is 1. The molecule has 16 heavy (non-hydrogen) atoms. The highest BCUT2D eigenvalue weighted by molar-refractivity contribution is 5.96. The summed E-state index contributed by atoms with van der Waals surface area (Å²) in [6.07, 6.45) is 4.01. The minimum Gasteiger partial charge on any atom is -0.399 e. The third-order valence-electron chi connectivity index (χ3n) is 3.44. The van der Waals surface area contributed by atoms with E-state index in [2.05, 4.69) is 0 Å². The van der Waals surface area contributed by atoms with E-state index >= 15 is 0 Å². The number of hydrogen-bond acceptors (Lipinski definition) is 2. The van der Waals surface area contributed by atoms with Crippen LogP contribution in [0.5, 0.6) is 0 Å². The molecule has 0 spiro atoms. The molecule has 0 radical (unpaired) electrons. The summed E-state index contributed by atoms with van der Waals surface area (Å²) in [5.74, 6) is 0.997. The Bertz CT molecular complexity index is 438. The highest BCUT2D eigenvalue weighted by atomic mass is 16.2. The van der Waals surface area contributed by atoms with Crippen molar-refractivity contribution >= 4 is 17.3 Å². The number of nitrogen functional groups attached to an aromatic ring is 1. The molecule has 1 aliphatic carbocycles. The van der Waals surface area contributed by atoms with Crippen molar-refractivity contribution in [1.82, 2.24) is 0 Å². The van der Waals surface area contributed by atoms with Crippen LogP contribution in [0.25, 0.3) is 0 Å². The number of fused-ring (bicyclic) bond motifs is 1. The Hall–Kier alpha value is -1.51. The zero-order chi connectivity index (χ0) is 11.1. The molecule has 0 bridgehead atoms. The first-order valence-electron chi connectivity index (χ1n) is 5.93. The number of amides is 1. The summed E-state index contributed by atoms with van der Waals surface area (Å²) in [5, 5.41) is 0. The zero-order valence-electron chi connectivity index (χ0n) is 9.28. The predicted molar refractivity (Wildman–Crippen MR) is 64.3 cm³/mol. The van der Waals surface area contributed by atoms with Crippen LogP contribution in [-0.4, -0.2) is 12.5 Å². The SMILES string of the molecule is Nc1ccc2c(c1)CCC(=O)N2CC1CC1. The fraction of sp³-hybridized carbons (Fsp3) is 0.462. The Morgan fingerprint density at radius 1 is 1.31 bits per heavy atom. The van der Waals surface area contributed by atoms with E-state index in [1.165, 1.54) is 18.4 Å². The van der Waals surface area contributed by atoms with Gasteiger partial charge < -0.3 is 10.6 Å². The highest BCUT2D eigenvalue weighted by Gasteiger charge is 2.30. The first kappa shape index (κ1) is 9.70. The maximum atomic E-state index is 11.9. The number of nitrogens with two attached hydrogens (primary N) is 1. The standard InChI is InChI=1S/C13H16N2O/c14-11-4-5-12-10(7-11)3-6-13(16)15(12)8-9-1-2-9/h4-5,7,9H,1-3,6,8,14H2. The van der Waals surface area contributed by atoms with Gasteiger partial charge >= 0.3 is 0 Å².